The number of benzene rings is 2. The van der Waals surface area contributed by atoms with Crippen molar-refractivity contribution in [2.45, 2.75) is 75.5 Å². The molecule has 0 amide bonds. The van der Waals surface area contributed by atoms with Crippen molar-refractivity contribution in [3.05, 3.63) is 64.3 Å². The second-order valence-electron chi connectivity index (χ2n) is 12.1. The van der Waals surface area contributed by atoms with E-state index in [1.54, 1.807) is 0 Å². The van der Waals surface area contributed by atoms with Crippen LogP contribution >= 0.6 is 0 Å². The Morgan fingerprint density at radius 1 is 1.07 bits per heavy atom. The summed E-state index contributed by atoms with van der Waals surface area (Å²) in [6.07, 6.45) is 13.9. The molecule has 0 spiro atoms. The Morgan fingerprint density at radius 2 is 1.88 bits per heavy atom. The molecule has 204 valence electrons. The van der Waals surface area contributed by atoms with E-state index in [-0.39, 0.29) is 0 Å². The molecule has 4 aliphatic heterocycles. The Kier molecular flexibility index (Phi) is 6.62. The smallest absolute Gasteiger partial charge is 0.232 e. The quantitative estimate of drug-likeness (QED) is 0.461. The Morgan fingerprint density at radius 3 is 2.60 bits per heavy atom. The van der Waals surface area contributed by atoms with Crippen molar-refractivity contribution >= 4 is 16.5 Å². The van der Waals surface area contributed by atoms with Gasteiger partial charge in [-0.15, -0.1) is 6.42 Å². The summed E-state index contributed by atoms with van der Waals surface area (Å²) in [7, 11) is 2.16. The number of hydrogen-bond acceptors (Lipinski definition) is 6. The molecule has 3 atom stereocenters. The summed E-state index contributed by atoms with van der Waals surface area (Å²) in [4.78, 5) is 9.96. The van der Waals surface area contributed by atoms with Gasteiger partial charge in [0.25, 0.3) is 0 Å². The maximum absolute atomic E-state index is 10.5. The van der Waals surface area contributed by atoms with Crippen LogP contribution in [0, 0.1) is 23.7 Å². The van der Waals surface area contributed by atoms with Crippen molar-refractivity contribution in [1.29, 1.82) is 5.26 Å². The molecule has 0 saturated carbocycles. The van der Waals surface area contributed by atoms with Gasteiger partial charge in [-0.2, -0.15) is 5.26 Å². The molecule has 4 aliphatic rings. The van der Waals surface area contributed by atoms with Crippen LogP contribution in [-0.4, -0.2) is 54.8 Å². The number of hydrogen-bond donors (Lipinski definition) is 1. The number of pyridine rings is 1. The van der Waals surface area contributed by atoms with E-state index < -0.39 is 0 Å². The molecule has 6 heteroatoms. The summed E-state index contributed by atoms with van der Waals surface area (Å²) in [5.41, 5.74) is 6.21. The lowest BCUT2D eigenvalue weighted by Gasteiger charge is -2.36. The molecular weight excluding hydrogens is 494 g/mol. The summed E-state index contributed by atoms with van der Waals surface area (Å²) in [6, 6.07) is 16.6. The van der Waals surface area contributed by atoms with Gasteiger partial charge in [0.15, 0.2) is 0 Å². The zero-order valence-corrected chi connectivity index (χ0v) is 23.3. The fraction of sp³-hybridized carbons (Fsp3) is 0.471. The van der Waals surface area contributed by atoms with Crippen LogP contribution in [0.25, 0.3) is 10.8 Å². The van der Waals surface area contributed by atoms with Crippen LogP contribution in [0.4, 0.5) is 5.69 Å². The first kappa shape index (κ1) is 25.4. The number of nitrogens with zero attached hydrogens (tertiary/aromatic N) is 4. The van der Waals surface area contributed by atoms with Crippen molar-refractivity contribution < 1.29 is 4.74 Å². The minimum absolute atomic E-state index is 0.372. The van der Waals surface area contributed by atoms with Gasteiger partial charge in [0.2, 0.25) is 5.88 Å². The van der Waals surface area contributed by atoms with Crippen molar-refractivity contribution in [2.24, 2.45) is 0 Å². The lowest BCUT2D eigenvalue weighted by atomic mass is 9.83. The number of aromatic nitrogens is 1. The number of likely N-dealkylation sites (N-methyl/N-ethyl adjacent to an activating group) is 1. The molecule has 1 aromatic heterocycles. The van der Waals surface area contributed by atoms with Gasteiger partial charge in [0, 0.05) is 53.8 Å². The van der Waals surface area contributed by atoms with Crippen LogP contribution in [-0.2, 0) is 13.0 Å². The first-order chi connectivity index (χ1) is 19.6. The predicted molar refractivity (Wildman–Crippen MR) is 159 cm³/mol. The fourth-order valence-corrected chi connectivity index (χ4v) is 7.75. The standard InChI is InChI=1S/C34H37N5O/c1-3-22-7-4-8-23-9-5-11-31(32(22)23)39-16-14-28-30(20-39)29(19-35)34(40-21-27-10-6-15-38(27)2)37-33(28)24-17-25-12-13-26(18-24)36-25/h1,4-5,7-9,11,24-27,36H,6,10,12-18,20-21H2,2H3/t24?,25?,26?,27-/m0/s1. The first-order valence-electron chi connectivity index (χ1n) is 14.9. The molecule has 0 radical (unpaired) electrons. The van der Waals surface area contributed by atoms with E-state index in [0.717, 1.165) is 66.4 Å². The molecule has 3 saturated heterocycles. The molecule has 5 heterocycles. The molecule has 0 aliphatic carbocycles. The summed E-state index contributed by atoms with van der Waals surface area (Å²) in [5.74, 6) is 3.84. The average molecular weight is 532 g/mol. The van der Waals surface area contributed by atoms with E-state index in [9.17, 15) is 5.26 Å². The number of anilines is 1. The number of likely N-dealkylation sites (tertiary alicyclic amines) is 1. The van der Waals surface area contributed by atoms with E-state index in [1.165, 1.54) is 30.5 Å². The zero-order valence-electron chi connectivity index (χ0n) is 23.3. The van der Waals surface area contributed by atoms with Gasteiger partial charge in [-0.05, 0) is 87.2 Å². The van der Waals surface area contributed by atoms with Crippen molar-refractivity contribution in [2.75, 3.05) is 31.6 Å². The molecule has 2 aromatic carbocycles. The molecule has 2 bridgehead atoms. The highest BCUT2D eigenvalue weighted by Gasteiger charge is 2.38. The van der Waals surface area contributed by atoms with Gasteiger partial charge in [-0.1, -0.05) is 30.2 Å². The highest BCUT2D eigenvalue weighted by atomic mass is 16.5. The van der Waals surface area contributed by atoms with Crippen LogP contribution < -0.4 is 15.0 Å². The maximum atomic E-state index is 10.5. The highest BCUT2D eigenvalue weighted by molar-refractivity contribution is 5.98. The Bertz CT molecular complexity index is 1520. The molecule has 2 unspecified atom stereocenters. The van der Waals surface area contributed by atoms with Crippen molar-refractivity contribution in [3.63, 3.8) is 0 Å². The molecule has 7 rings (SSSR count). The molecule has 40 heavy (non-hydrogen) atoms. The van der Waals surface area contributed by atoms with Gasteiger partial charge in [0.1, 0.15) is 18.2 Å². The molecule has 3 fully saturated rings. The third-order valence-corrected chi connectivity index (χ3v) is 9.83. The summed E-state index contributed by atoms with van der Waals surface area (Å²) in [6.45, 7) is 3.20. The summed E-state index contributed by atoms with van der Waals surface area (Å²) >= 11 is 0. The number of ether oxygens (including phenoxy) is 1. The maximum Gasteiger partial charge on any atom is 0.232 e. The highest BCUT2D eigenvalue weighted by Crippen LogP contribution is 2.43. The third-order valence-electron chi connectivity index (χ3n) is 9.83. The van der Waals surface area contributed by atoms with Crippen LogP contribution in [0.15, 0.2) is 36.4 Å². The number of nitrogens with one attached hydrogen (secondary N) is 1. The van der Waals surface area contributed by atoms with Gasteiger partial charge in [-0.25, -0.2) is 4.98 Å². The van der Waals surface area contributed by atoms with E-state index in [4.69, 9.17) is 16.1 Å². The van der Waals surface area contributed by atoms with Crippen molar-refractivity contribution in [3.8, 4) is 24.3 Å². The Balaban J connectivity index is 1.30. The van der Waals surface area contributed by atoms with Gasteiger partial charge in [-0.3, -0.25) is 0 Å². The molecule has 1 N–H and O–H groups in total. The van der Waals surface area contributed by atoms with Crippen LogP contribution in [0.1, 0.15) is 72.4 Å². The van der Waals surface area contributed by atoms with Crippen LogP contribution in [0.2, 0.25) is 0 Å². The first-order valence-corrected chi connectivity index (χ1v) is 14.9. The number of fused-ring (bicyclic) bond motifs is 4. The van der Waals surface area contributed by atoms with E-state index in [1.807, 2.05) is 12.1 Å². The minimum Gasteiger partial charge on any atom is -0.475 e. The minimum atomic E-state index is 0.372. The van der Waals surface area contributed by atoms with E-state index in [0.29, 0.717) is 48.6 Å². The SMILES string of the molecule is C#Cc1cccc2cccc(N3CCc4c(C5CC6CCC(C5)N6)nc(OC[C@@H]5CCCN5C)c(C#N)c4C3)c12. The second kappa shape index (κ2) is 10.4. The monoisotopic (exact) mass is 531 g/mol. The Hall–Kier alpha value is -3.58. The van der Waals surface area contributed by atoms with Gasteiger partial charge >= 0.3 is 0 Å². The van der Waals surface area contributed by atoms with Crippen molar-refractivity contribution in [1.82, 2.24) is 15.2 Å². The average Bonchev–Trinajstić information content (AvgIpc) is 3.56. The lowest BCUT2D eigenvalue weighted by molar-refractivity contribution is 0.192. The van der Waals surface area contributed by atoms with Crippen LogP contribution in [0.3, 0.4) is 0 Å². The van der Waals surface area contributed by atoms with Gasteiger partial charge in [0.05, 0.1) is 5.69 Å². The number of nitriles is 1. The predicted octanol–water partition coefficient (Wildman–Crippen LogP) is 5.12. The number of piperidine rings is 1. The molecule has 3 aromatic rings. The van der Waals surface area contributed by atoms with E-state index in [2.05, 4.69) is 58.4 Å². The number of rotatable bonds is 5. The van der Waals surface area contributed by atoms with Gasteiger partial charge < -0.3 is 19.9 Å². The lowest BCUT2D eigenvalue weighted by Crippen LogP contribution is -2.39. The second-order valence-corrected chi connectivity index (χ2v) is 12.1. The largest absolute Gasteiger partial charge is 0.475 e. The topological polar surface area (TPSA) is 64.4 Å². The zero-order chi connectivity index (χ0) is 27.2. The molecule has 6 nitrogen and oxygen atoms in total. The molecular formula is C34H37N5O. The fourth-order valence-electron chi connectivity index (χ4n) is 7.75. The third kappa shape index (κ3) is 4.40. The Labute approximate surface area is 237 Å². The summed E-state index contributed by atoms with van der Waals surface area (Å²) in [5, 5.41) is 16.5. The van der Waals surface area contributed by atoms with Crippen LogP contribution in [0.5, 0.6) is 5.88 Å². The van der Waals surface area contributed by atoms with E-state index >= 15 is 0 Å². The normalized spacial score (nSPS) is 25.9. The summed E-state index contributed by atoms with van der Waals surface area (Å²) < 4.78 is 6.46. The number of terminal acetylenes is 1.